The predicted molar refractivity (Wildman–Crippen MR) is 80.9 cm³/mol. The van der Waals surface area contributed by atoms with Gasteiger partial charge in [-0.1, -0.05) is 13.8 Å². The zero-order valence-corrected chi connectivity index (χ0v) is 12.5. The first-order valence-electron chi connectivity index (χ1n) is 7.26. The van der Waals surface area contributed by atoms with Crippen molar-refractivity contribution >= 4 is 10.9 Å². The average molecular weight is 278 g/mol. The Labute approximate surface area is 119 Å². The Hall–Kier alpha value is -1.55. The molecule has 0 aliphatic heterocycles. The minimum atomic E-state index is -0.264. The molecule has 0 amide bonds. The number of likely N-dealkylation sites (N-methyl/N-ethyl adjacent to an activating group) is 1. The van der Waals surface area contributed by atoms with Crippen molar-refractivity contribution in [3.63, 3.8) is 0 Å². The van der Waals surface area contributed by atoms with Gasteiger partial charge in [0.25, 0.3) is 0 Å². The number of methoxy groups -OCH3 is 1. The van der Waals surface area contributed by atoms with Crippen LogP contribution in [0.2, 0.25) is 0 Å². The Kier molecular flexibility index (Phi) is 5.01. The van der Waals surface area contributed by atoms with Gasteiger partial charge in [-0.05, 0) is 43.6 Å². The minimum Gasteiger partial charge on any atom is -0.494 e. The average Bonchev–Trinajstić information content (AvgIpc) is 2.88. The SMILES string of the molecule is CCCN(CC)CCc1c[nH]c2ccc(OC)c(F)c12. The summed E-state index contributed by atoms with van der Waals surface area (Å²) in [5.41, 5.74) is 1.85. The zero-order chi connectivity index (χ0) is 14.5. The Morgan fingerprint density at radius 1 is 1.25 bits per heavy atom. The number of benzene rings is 1. The van der Waals surface area contributed by atoms with Crippen molar-refractivity contribution in [1.29, 1.82) is 0 Å². The van der Waals surface area contributed by atoms with Crippen LogP contribution in [-0.2, 0) is 6.42 Å². The lowest BCUT2D eigenvalue weighted by Gasteiger charge is -2.19. The maximum atomic E-state index is 14.4. The summed E-state index contributed by atoms with van der Waals surface area (Å²) in [5.74, 6) is 0.0408. The molecule has 1 N–H and O–H groups in total. The predicted octanol–water partition coefficient (Wildman–Crippen LogP) is 3.59. The molecule has 110 valence electrons. The second kappa shape index (κ2) is 6.75. The lowest BCUT2D eigenvalue weighted by Crippen LogP contribution is -2.26. The summed E-state index contributed by atoms with van der Waals surface area (Å²) in [4.78, 5) is 5.53. The molecule has 1 aromatic heterocycles. The molecule has 0 unspecified atom stereocenters. The topological polar surface area (TPSA) is 28.3 Å². The summed E-state index contributed by atoms with van der Waals surface area (Å²) in [6, 6.07) is 3.53. The molecular formula is C16H23FN2O. The van der Waals surface area contributed by atoms with E-state index in [0.29, 0.717) is 11.1 Å². The van der Waals surface area contributed by atoms with E-state index >= 15 is 0 Å². The number of fused-ring (bicyclic) bond motifs is 1. The largest absolute Gasteiger partial charge is 0.494 e. The van der Waals surface area contributed by atoms with E-state index < -0.39 is 0 Å². The third kappa shape index (κ3) is 2.96. The summed E-state index contributed by atoms with van der Waals surface area (Å²) in [6.45, 7) is 7.41. The molecule has 0 saturated heterocycles. The molecule has 0 aliphatic carbocycles. The molecule has 20 heavy (non-hydrogen) atoms. The molecule has 2 rings (SSSR count). The summed E-state index contributed by atoms with van der Waals surface area (Å²) in [5, 5.41) is 0.664. The first kappa shape index (κ1) is 14.9. The van der Waals surface area contributed by atoms with Crippen molar-refractivity contribution in [3.8, 4) is 5.75 Å². The van der Waals surface area contributed by atoms with Crippen LogP contribution in [-0.4, -0.2) is 36.6 Å². The van der Waals surface area contributed by atoms with E-state index in [1.165, 1.54) is 7.11 Å². The van der Waals surface area contributed by atoms with Gasteiger partial charge >= 0.3 is 0 Å². The number of H-pyrrole nitrogens is 1. The molecule has 0 atom stereocenters. The van der Waals surface area contributed by atoms with Crippen LogP contribution in [0.15, 0.2) is 18.3 Å². The number of aromatic amines is 1. The van der Waals surface area contributed by atoms with Crippen molar-refractivity contribution in [2.45, 2.75) is 26.7 Å². The van der Waals surface area contributed by atoms with Crippen LogP contribution in [0.4, 0.5) is 4.39 Å². The number of nitrogens with one attached hydrogen (secondary N) is 1. The molecule has 3 nitrogen and oxygen atoms in total. The molecule has 0 radical (unpaired) electrons. The van der Waals surface area contributed by atoms with E-state index in [4.69, 9.17) is 4.74 Å². The van der Waals surface area contributed by atoms with Gasteiger partial charge in [-0.2, -0.15) is 0 Å². The first-order chi connectivity index (χ1) is 9.71. The first-order valence-corrected chi connectivity index (χ1v) is 7.26. The monoisotopic (exact) mass is 278 g/mol. The van der Waals surface area contributed by atoms with Crippen molar-refractivity contribution in [2.75, 3.05) is 26.7 Å². The highest BCUT2D eigenvalue weighted by molar-refractivity contribution is 5.85. The minimum absolute atomic E-state index is 0.264. The second-order valence-corrected chi connectivity index (χ2v) is 5.00. The number of rotatable bonds is 7. The van der Waals surface area contributed by atoms with Gasteiger partial charge in [0.1, 0.15) is 0 Å². The number of hydrogen-bond acceptors (Lipinski definition) is 2. The van der Waals surface area contributed by atoms with Crippen molar-refractivity contribution in [2.24, 2.45) is 0 Å². The zero-order valence-electron chi connectivity index (χ0n) is 12.5. The van der Waals surface area contributed by atoms with Crippen molar-refractivity contribution < 1.29 is 9.13 Å². The quantitative estimate of drug-likeness (QED) is 0.838. The Bertz CT molecular complexity index is 565. The van der Waals surface area contributed by atoms with Gasteiger partial charge in [0.2, 0.25) is 0 Å². The molecule has 2 aromatic rings. The maximum Gasteiger partial charge on any atom is 0.174 e. The standard InChI is InChI=1S/C16H23FN2O/c1-4-9-19(5-2)10-8-12-11-18-13-6-7-14(20-3)16(17)15(12)13/h6-7,11,18H,4-5,8-10H2,1-3H3. The number of halogens is 1. The second-order valence-electron chi connectivity index (χ2n) is 5.00. The van der Waals surface area contributed by atoms with E-state index in [0.717, 1.165) is 43.6 Å². The number of hydrogen-bond donors (Lipinski definition) is 1. The Balaban J connectivity index is 2.22. The Morgan fingerprint density at radius 3 is 2.70 bits per heavy atom. The fourth-order valence-electron chi connectivity index (χ4n) is 2.61. The van der Waals surface area contributed by atoms with Gasteiger partial charge in [0.05, 0.1) is 7.11 Å². The number of ether oxygens (including phenoxy) is 1. The van der Waals surface area contributed by atoms with Crippen LogP contribution in [0, 0.1) is 5.82 Å². The fraction of sp³-hybridized carbons (Fsp3) is 0.500. The summed E-state index contributed by atoms with van der Waals surface area (Å²) < 4.78 is 19.4. The van der Waals surface area contributed by atoms with Gasteiger partial charge in [-0.15, -0.1) is 0 Å². The molecule has 0 bridgehead atoms. The van der Waals surface area contributed by atoms with Gasteiger partial charge in [0, 0.05) is 23.6 Å². The molecule has 0 fully saturated rings. The molecule has 1 heterocycles. The van der Waals surface area contributed by atoms with Gasteiger partial charge in [-0.25, -0.2) is 4.39 Å². The van der Waals surface area contributed by atoms with Crippen LogP contribution in [0.5, 0.6) is 5.75 Å². The van der Waals surface area contributed by atoms with Crippen LogP contribution in [0.25, 0.3) is 10.9 Å². The maximum absolute atomic E-state index is 14.4. The van der Waals surface area contributed by atoms with Crippen LogP contribution in [0.1, 0.15) is 25.8 Å². The lowest BCUT2D eigenvalue weighted by molar-refractivity contribution is 0.292. The van der Waals surface area contributed by atoms with E-state index in [-0.39, 0.29) is 5.82 Å². The molecule has 0 saturated carbocycles. The summed E-state index contributed by atoms with van der Waals surface area (Å²) in [7, 11) is 1.50. The van der Waals surface area contributed by atoms with Crippen LogP contribution >= 0.6 is 0 Å². The summed E-state index contributed by atoms with van der Waals surface area (Å²) in [6.07, 6.45) is 3.90. The van der Waals surface area contributed by atoms with E-state index in [9.17, 15) is 4.39 Å². The molecular weight excluding hydrogens is 255 g/mol. The highest BCUT2D eigenvalue weighted by Gasteiger charge is 2.14. The number of nitrogens with zero attached hydrogens (tertiary/aromatic N) is 1. The fourth-order valence-corrected chi connectivity index (χ4v) is 2.61. The molecule has 4 heteroatoms. The lowest BCUT2D eigenvalue weighted by atomic mass is 10.1. The van der Waals surface area contributed by atoms with E-state index in [1.807, 2.05) is 12.3 Å². The van der Waals surface area contributed by atoms with Crippen molar-refractivity contribution in [3.05, 3.63) is 29.7 Å². The van der Waals surface area contributed by atoms with Gasteiger partial charge in [0.15, 0.2) is 11.6 Å². The highest BCUT2D eigenvalue weighted by Crippen LogP contribution is 2.28. The smallest absolute Gasteiger partial charge is 0.174 e. The third-order valence-corrected chi connectivity index (χ3v) is 3.73. The molecule has 0 spiro atoms. The van der Waals surface area contributed by atoms with Gasteiger partial charge < -0.3 is 14.6 Å². The number of aromatic nitrogens is 1. The normalized spacial score (nSPS) is 11.4. The third-order valence-electron chi connectivity index (χ3n) is 3.73. The highest BCUT2D eigenvalue weighted by atomic mass is 19.1. The summed E-state index contributed by atoms with van der Waals surface area (Å²) >= 11 is 0. The molecule has 0 aliphatic rings. The van der Waals surface area contributed by atoms with Crippen LogP contribution in [0.3, 0.4) is 0 Å². The molecule has 1 aromatic carbocycles. The Morgan fingerprint density at radius 2 is 2.05 bits per heavy atom. The van der Waals surface area contributed by atoms with E-state index in [2.05, 4.69) is 23.7 Å². The van der Waals surface area contributed by atoms with E-state index in [1.54, 1.807) is 6.07 Å². The van der Waals surface area contributed by atoms with Crippen molar-refractivity contribution in [1.82, 2.24) is 9.88 Å². The van der Waals surface area contributed by atoms with Crippen LogP contribution < -0.4 is 4.74 Å². The van der Waals surface area contributed by atoms with Gasteiger partial charge in [-0.3, -0.25) is 0 Å².